The summed E-state index contributed by atoms with van der Waals surface area (Å²) in [4.78, 5) is 24.2. The third kappa shape index (κ3) is 6.82. The highest BCUT2D eigenvalue weighted by Gasteiger charge is 2.14. The number of hydrogen-bond acceptors (Lipinski definition) is 3. The summed E-state index contributed by atoms with van der Waals surface area (Å²) in [5.74, 6) is -0.478. The quantitative estimate of drug-likeness (QED) is 0.733. The second-order valence-electron chi connectivity index (χ2n) is 7.74. The van der Waals surface area contributed by atoms with Crippen molar-refractivity contribution in [3.63, 3.8) is 0 Å². The van der Waals surface area contributed by atoms with E-state index in [2.05, 4.69) is 31.4 Å². The van der Waals surface area contributed by atoms with Gasteiger partial charge < -0.3 is 15.4 Å². The molecule has 0 fully saturated rings. The van der Waals surface area contributed by atoms with Crippen LogP contribution in [0.15, 0.2) is 48.5 Å². The molecule has 5 nitrogen and oxygen atoms in total. The fraction of sp³-hybridized carbons (Fsp3) is 0.391. The largest absolute Gasteiger partial charge is 0.377 e. The van der Waals surface area contributed by atoms with Gasteiger partial charge in [0, 0.05) is 18.7 Å². The topological polar surface area (TPSA) is 67.4 Å². The van der Waals surface area contributed by atoms with Gasteiger partial charge in [-0.1, -0.05) is 57.2 Å². The molecule has 0 heterocycles. The predicted molar refractivity (Wildman–Crippen MR) is 111 cm³/mol. The standard InChI is InChI=1S/C23H30N2O3/c1-5-28-16-18-8-6-17(7-9-18)14-24-21(26)15-25-22(27)19-10-12-20(13-11-19)23(2,3)4/h6-13H,5,14-16H2,1-4H3,(H,24,26)(H,25,27). The average Bonchev–Trinajstić information content (AvgIpc) is 2.69. The molecule has 0 bridgehead atoms. The Morgan fingerprint density at radius 3 is 2.07 bits per heavy atom. The van der Waals surface area contributed by atoms with E-state index in [1.54, 1.807) is 12.1 Å². The zero-order valence-corrected chi connectivity index (χ0v) is 17.2. The molecule has 2 aromatic carbocycles. The van der Waals surface area contributed by atoms with Gasteiger partial charge >= 0.3 is 0 Å². The average molecular weight is 383 g/mol. The summed E-state index contributed by atoms with van der Waals surface area (Å²) in [7, 11) is 0. The van der Waals surface area contributed by atoms with Gasteiger partial charge in [-0.25, -0.2) is 0 Å². The van der Waals surface area contributed by atoms with Crippen LogP contribution in [0.2, 0.25) is 0 Å². The van der Waals surface area contributed by atoms with Crippen LogP contribution in [0, 0.1) is 0 Å². The molecular formula is C23H30N2O3. The van der Waals surface area contributed by atoms with Crippen LogP contribution in [0.25, 0.3) is 0 Å². The zero-order valence-electron chi connectivity index (χ0n) is 17.2. The van der Waals surface area contributed by atoms with Crippen molar-refractivity contribution < 1.29 is 14.3 Å². The van der Waals surface area contributed by atoms with E-state index in [0.717, 1.165) is 16.7 Å². The Morgan fingerprint density at radius 1 is 0.893 bits per heavy atom. The van der Waals surface area contributed by atoms with E-state index in [4.69, 9.17) is 4.74 Å². The molecule has 0 saturated carbocycles. The minimum absolute atomic E-state index is 0.0378. The van der Waals surface area contributed by atoms with E-state index in [1.165, 1.54) is 0 Å². The lowest BCUT2D eigenvalue weighted by atomic mass is 9.87. The molecule has 2 aromatic rings. The first kappa shape index (κ1) is 21.6. The van der Waals surface area contributed by atoms with E-state index in [0.29, 0.717) is 25.3 Å². The molecule has 0 unspecified atom stereocenters. The maximum atomic E-state index is 12.2. The van der Waals surface area contributed by atoms with Crippen molar-refractivity contribution in [2.75, 3.05) is 13.2 Å². The van der Waals surface area contributed by atoms with Crippen molar-refractivity contribution in [1.82, 2.24) is 10.6 Å². The van der Waals surface area contributed by atoms with Crippen LogP contribution in [0.1, 0.15) is 54.7 Å². The van der Waals surface area contributed by atoms with Crippen molar-refractivity contribution in [3.8, 4) is 0 Å². The van der Waals surface area contributed by atoms with E-state index < -0.39 is 0 Å². The number of nitrogens with one attached hydrogen (secondary N) is 2. The Kier molecular flexibility index (Phi) is 7.76. The molecule has 2 amide bonds. The Morgan fingerprint density at radius 2 is 1.50 bits per heavy atom. The van der Waals surface area contributed by atoms with Gasteiger partial charge in [0.15, 0.2) is 0 Å². The lowest BCUT2D eigenvalue weighted by molar-refractivity contribution is -0.120. The van der Waals surface area contributed by atoms with Crippen LogP contribution < -0.4 is 10.6 Å². The van der Waals surface area contributed by atoms with Crippen LogP contribution >= 0.6 is 0 Å². The van der Waals surface area contributed by atoms with E-state index in [1.807, 2.05) is 43.3 Å². The second kappa shape index (κ2) is 10.0. The SMILES string of the molecule is CCOCc1ccc(CNC(=O)CNC(=O)c2ccc(C(C)(C)C)cc2)cc1. The number of hydrogen-bond donors (Lipinski definition) is 2. The van der Waals surface area contributed by atoms with Crippen molar-refractivity contribution in [1.29, 1.82) is 0 Å². The highest BCUT2D eigenvalue weighted by Crippen LogP contribution is 2.22. The zero-order chi connectivity index (χ0) is 20.6. The summed E-state index contributed by atoms with van der Waals surface area (Å²) >= 11 is 0. The van der Waals surface area contributed by atoms with Crippen molar-refractivity contribution in [2.45, 2.75) is 46.3 Å². The van der Waals surface area contributed by atoms with Crippen LogP contribution in [0.3, 0.4) is 0 Å². The van der Waals surface area contributed by atoms with Gasteiger partial charge in [-0.05, 0) is 41.2 Å². The number of rotatable bonds is 8. The highest BCUT2D eigenvalue weighted by molar-refractivity contribution is 5.96. The van der Waals surface area contributed by atoms with E-state index >= 15 is 0 Å². The number of carbonyl (C=O) groups is 2. The van der Waals surface area contributed by atoms with Gasteiger partial charge in [-0.15, -0.1) is 0 Å². The van der Waals surface area contributed by atoms with Gasteiger partial charge in [-0.2, -0.15) is 0 Å². The molecule has 0 spiro atoms. The molecule has 2 rings (SSSR count). The Labute approximate surface area is 167 Å². The van der Waals surface area contributed by atoms with Crippen molar-refractivity contribution >= 4 is 11.8 Å². The first-order valence-electron chi connectivity index (χ1n) is 9.60. The second-order valence-corrected chi connectivity index (χ2v) is 7.74. The number of ether oxygens (including phenoxy) is 1. The molecular weight excluding hydrogens is 352 g/mol. The minimum atomic E-state index is -0.254. The fourth-order valence-corrected chi connectivity index (χ4v) is 2.62. The van der Waals surface area contributed by atoms with Crippen LogP contribution in [-0.2, 0) is 28.1 Å². The van der Waals surface area contributed by atoms with Gasteiger partial charge in [0.05, 0.1) is 13.2 Å². The first-order chi connectivity index (χ1) is 13.3. The van der Waals surface area contributed by atoms with E-state index in [9.17, 15) is 9.59 Å². The first-order valence-corrected chi connectivity index (χ1v) is 9.60. The van der Waals surface area contributed by atoms with Crippen molar-refractivity contribution in [3.05, 3.63) is 70.8 Å². The maximum absolute atomic E-state index is 12.2. The Hall–Kier alpha value is -2.66. The fourth-order valence-electron chi connectivity index (χ4n) is 2.62. The molecule has 150 valence electrons. The molecule has 0 aromatic heterocycles. The van der Waals surface area contributed by atoms with Crippen LogP contribution in [0.5, 0.6) is 0 Å². The summed E-state index contributed by atoms with van der Waals surface area (Å²) in [5, 5.41) is 5.47. The van der Waals surface area contributed by atoms with Gasteiger partial charge in [0.2, 0.25) is 5.91 Å². The minimum Gasteiger partial charge on any atom is -0.377 e. The molecule has 0 saturated heterocycles. The van der Waals surface area contributed by atoms with Crippen molar-refractivity contribution in [2.24, 2.45) is 0 Å². The summed E-state index contributed by atoms with van der Waals surface area (Å²) in [6.07, 6.45) is 0. The molecule has 0 aliphatic rings. The molecule has 0 aliphatic heterocycles. The van der Waals surface area contributed by atoms with E-state index in [-0.39, 0.29) is 23.8 Å². The normalized spacial score (nSPS) is 11.1. The van der Waals surface area contributed by atoms with Crippen LogP contribution in [0.4, 0.5) is 0 Å². The molecule has 0 aliphatic carbocycles. The van der Waals surface area contributed by atoms with Gasteiger partial charge in [0.25, 0.3) is 5.91 Å². The third-order valence-electron chi connectivity index (χ3n) is 4.41. The van der Waals surface area contributed by atoms with Gasteiger partial charge in [0.1, 0.15) is 0 Å². The molecule has 0 radical (unpaired) electrons. The monoisotopic (exact) mass is 382 g/mol. The van der Waals surface area contributed by atoms with Crippen LogP contribution in [-0.4, -0.2) is 25.0 Å². The molecule has 28 heavy (non-hydrogen) atoms. The number of carbonyl (C=O) groups excluding carboxylic acids is 2. The number of amides is 2. The highest BCUT2D eigenvalue weighted by atomic mass is 16.5. The lowest BCUT2D eigenvalue weighted by Crippen LogP contribution is -2.36. The smallest absolute Gasteiger partial charge is 0.251 e. The predicted octanol–water partition coefficient (Wildman–Crippen LogP) is 3.57. The summed E-state index contributed by atoms with van der Waals surface area (Å²) in [6, 6.07) is 15.4. The third-order valence-corrected chi connectivity index (χ3v) is 4.41. The number of benzene rings is 2. The molecule has 0 atom stereocenters. The Bertz CT molecular complexity index is 775. The Balaban J connectivity index is 1.76. The summed E-state index contributed by atoms with van der Waals surface area (Å²) < 4.78 is 5.36. The molecule has 5 heteroatoms. The summed E-state index contributed by atoms with van der Waals surface area (Å²) in [6.45, 7) is 9.97. The summed E-state index contributed by atoms with van der Waals surface area (Å²) in [5.41, 5.74) is 3.84. The maximum Gasteiger partial charge on any atom is 0.251 e. The molecule has 2 N–H and O–H groups in total. The van der Waals surface area contributed by atoms with Gasteiger partial charge in [-0.3, -0.25) is 9.59 Å². The lowest BCUT2D eigenvalue weighted by Gasteiger charge is -2.19.